The van der Waals surface area contributed by atoms with E-state index in [0.29, 0.717) is 48.8 Å². The van der Waals surface area contributed by atoms with Crippen molar-refractivity contribution in [1.29, 1.82) is 0 Å². The number of amidine groups is 1. The second kappa shape index (κ2) is 11.5. The molecule has 3 aromatic rings. The Morgan fingerprint density at radius 3 is 3.10 bits per heavy atom. The van der Waals surface area contributed by atoms with Crippen LogP contribution in [0.3, 0.4) is 0 Å². The van der Waals surface area contributed by atoms with Gasteiger partial charge in [-0.25, -0.2) is 25.2 Å². The third-order valence-electron chi connectivity index (χ3n) is 7.53. The lowest BCUT2D eigenvalue weighted by atomic mass is 9.96. The summed E-state index contributed by atoms with van der Waals surface area (Å²) in [5, 5.41) is 7.33. The molecule has 0 radical (unpaired) electrons. The molecule has 6 rings (SSSR count). The predicted molar refractivity (Wildman–Crippen MR) is 141 cm³/mol. The number of aromatic nitrogens is 5. The fraction of sp³-hybridized carbons (Fsp3) is 0.538. The minimum atomic E-state index is -0.395. The third-order valence-corrected chi connectivity index (χ3v) is 7.53. The summed E-state index contributed by atoms with van der Waals surface area (Å²) in [6, 6.07) is 3.94. The monoisotopic (exact) mass is 535 g/mol. The molecule has 1 amide bonds. The van der Waals surface area contributed by atoms with Crippen LogP contribution in [-0.4, -0.2) is 68.6 Å². The number of carbonyl (C=O) groups is 1. The third kappa shape index (κ3) is 5.93. The molecule has 1 saturated carbocycles. The number of hydrogen-bond acceptors (Lipinski definition) is 10. The van der Waals surface area contributed by atoms with E-state index in [-0.39, 0.29) is 12.1 Å². The van der Waals surface area contributed by atoms with Gasteiger partial charge < -0.3 is 25.0 Å². The maximum absolute atomic E-state index is 12.3. The summed E-state index contributed by atoms with van der Waals surface area (Å²) < 4.78 is 18.8. The van der Waals surface area contributed by atoms with E-state index in [2.05, 4.69) is 36.2 Å². The summed E-state index contributed by atoms with van der Waals surface area (Å²) in [5.41, 5.74) is 8.88. The van der Waals surface area contributed by atoms with E-state index in [4.69, 9.17) is 19.2 Å². The van der Waals surface area contributed by atoms with Crippen molar-refractivity contribution < 1.29 is 19.0 Å². The van der Waals surface area contributed by atoms with Crippen molar-refractivity contribution in [2.24, 2.45) is 23.9 Å². The van der Waals surface area contributed by atoms with E-state index >= 15 is 0 Å². The Morgan fingerprint density at radius 2 is 2.26 bits per heavy atom. The Hall–Kier alpha value is -3.84. The van der Waals surface area contributed by atoms with Gasteiger partial charge in [0.2, 0.25) is 0 Å². The van der Waals surface area contributed by atoms with Crippen molar-refractivity contribution in [3.8, 4) is 5.88 Å². The van der Waals surface area contributed by atoms with Gasteiger partial charge >= 0.3 is 6.09 Å². The second-order valence-corrected chi connectivity index (χ2v) is 10.3. The molecule has 4 atom stereocenters. The first-order chi connectivity index (χ1) is 19.1. The van der Waals surface area contributed by atoms with Crippen LogP contribution in [-0.2, 0) is 23.1 Å². The first kappa shape index (κ1) is 25.4. The number of nitrogens with zero attached hydrogens (tertiary/aromatic N) is 6. The van der Waals surface area contributed by atoms with Crippen LogP contribution in [0.2, 0.25) is 0 Å². The molecule has 0 aromatic carbocycles. The topological polar surface area (TPSA) is 150 Å². The van der Waals surface area contributed by atoms with Crippen LogP contribution < -0.4 is 20.9 Å². The van der Waals surface area contributed by atoms with E-state index in [1.807, 2.05) is 19.2 Å². The minimum absolute atomic E-state index is 0.100. The number of nitrogens with one attached hydrogen (secondary N) is 3. The van der Waals surface area contributed by atoms with Crippen LogP contribution in [0.15, 0.2) is 35.8 Å². The fourth-order valence-corrected chi connectivity index (χ4v) is 5.44. The number of ether oxygens (including phenoxy) is 3. The Balaban J connectivity index is 1.04. The summed E-state index contributed by atoms with van der Waals surface area (Å²) in [5.74, 6) is 2.56. The average Bonchev–Trinajstić information content (AvgIpc) is 3.76. The first-order valence-electron chi connectivity index (χ1n) is 13.4. The van der Waals surface area contributed by atoms with Crippen molar-refractivity contribution in [3.63, 3.8) is 0 Å². The molecule has 13 nitrogen and oxygen atoms in total. The van der Waals surface area contributed by atoms with Crippen molar-refractivity contribution in [3.05, 3.63) is 36.4 Å². The number of fused-ring (bicyclic) bond motifs is 1. The molecule has 0 bridgehead atoms. The van der Waals surface area contributed by atoms with Gasteiger partial charge in [0.05, 0.1) is 13.2 Å². The van der Waals surface area contributed by atoms with Gasteiger partial charge in [0.25, 0.3) is 5.88 Å². The maximum atomic E-state index is 12.3. The van der Waals surface area contributed by atoms with E-state index in [1.165, 1.54) is 6.33 Å². The molecule has 39 heavy (non-hydrogen) atoms. The van der Waals surface area contributed by atoms with Crippen LogP contribution in [0.1, 0.15) is 37.7 Å². The molecule has 5 heterocycles. The SMILES string of the molecule is Cn1nc(OCC2CCOC2)c2ncnc(N=C3CC(C4CCC(OC(=O)NCc5cccnc5)C4)NN3)c21. The molecule has 2 aliphatic heterocycles. The molecule has 3 N–H and O–H groups in total. The predicted octanol–water partition coefficient (Wildman–Crippen LogP) is 2.17. The highest BCUT2D eigenvalue weighted by atomic mass is 16.6. The van der Waals surface area contributed by atoms with E-state index < -0.39 is 6.09 Å². The van der Waals surface area contributed by atoms with Crippen molar-refractivity contribution in [2.75, 3.05) is 19.8 Å². The summed E-state index contributed by atoms with van der Waals surface area (Å²) in [4.78, 5) is 30.0. The maximum Gasteiger partial charge on any atom is 0.407 e. The highest BCUT2D eigenvalue weighted by Gasteiger charge is 2.36. The van der Waals surface area contributed by atoms with Gasteiger partial charge in [-0.15, -0.1) is 5.10 Å². The molecule has 206 valence electrons. The zero-order valence-corrected chi connectivity index (χ0v) is 21.9. The summed E-state index contributed by atoms with van der Waals surface area (Å²) in [6.07, 6.45) is 8.76. The number of hydrogen-bond donors (Lipinski definition) is 3. The number of amides is 1. The van der Waals surface area contributed by atoms with Gasteiger partial charge in [0.15, 0.2) is 11.3 Å². The van der Waals surface area contributed by atoms with Gasteiger partial charge in [-0.1, -0.05) is 6.07 Å². The highest BCUT2D eigenvalue weighted by molar-refractivity contribution is 5.93. The molecule has 4 unspecified atom stereocenters. The van der Waals surface area contributed by atoms with Gasteiger partial charge in [-0.2, -0.15) is 0 Å². The smallest absolute Gasteiger partial charge is 0.407 e. The molecular formula is C26H33N9O4. The minimum Gasteiger partial charge on any atom is -0.475 e. The Kier molecular flexibility index (Phi) is 7.50. The number of carbonyl (C=O) groups excluding carboxylic acids is 1. The van der Waals surface area contributed by atoms with Crippen LogP contribution >= 0.6 is 0 Å². The van der Waals surface area contributed by atoms with Gasteiger partial charge in [0, 0.05) is 51.0 Å². The van der Waals surface area contributed by atoms with Crippen LogP contribution in [0.25, 0.3) is 11.0 Å². The number of hydrazine groups is 1. The normalized spacial score (nSPS) is 25.7. The van der Waals surface area contributed by atoms with Gasteiger partial charge in [0.1, 0.15) is 23.8 Å². The van der Waals surface area contributed by atoms with E-state index in [9.17, 15) is 4.79 Å². The molecule has 0 spiro atoms. The summed E-state index contributed by atoms with van der Waals surface area (Å²) in [6.45, 7) is 2.43. The zero-order valence-electron chi connectivity index (χ0n) is 21.9. The zero-order chi connectivity index (χ0) is 26.6. The van der Waals surface area contributed by atoms with Crippen molar-refractivity contribution >= 4 is 28.8 Å². The number of pyridine rings is 1. The average molecular weight is 536 g/mol. The number of rotatable bonds is 8. The number of alkyl carbamates (subject to hydrolysis) is 1. The summed E-state index contributed by atoms with van der Waals surface area (Å²) >= 11 is 0. The fourth-order valence-electron chi connectivity index (χ4n) is 5.44. The molecule has 3 aromatic heterocycles. The number of aliphatic imine (C=N–C) groups is 1. The largest absolute Gasteiger partial charge is 0.475 e. The lowest BCUT2D eigenvalue weighted by Gasteiger charge is -2.17. The molecule has 13 heteroatoms. The lowest BCUT2D eigenvalue weighted by molar-refractivity contribution is 0.0971. The van der Waals surface area contributed by atoms with Crippen LogP contribution in [0.4, 0.5) is 10.6 Å². The number of aryl methyl sites for hydroxylation is 1. The quantitative estimate of drug-likeness (QED) is 0.392. The Bertz CT molecular complexity index is 1330. The van der Waals surface area contributed by atoms with Gasteiger partial charge in [-0.05, 0) is 43.2 Å². The summed E-state index contributed by atoms with van der Waals surface area (Å²) in [7, 11) is 1.84. The standard InChI is InChI=1S/C26H33N9O4/c1-35-23-22(25(34-35)38-14-17-6-8-37-13-17)29-15-30-24(23)31-21-10-20(32-33-21)18-4-5-19(9-18)39-26(36)28-12-16-3-2-7-27-11-16/h2-3,7,11,15,17-20,32H,4-6,8-10,12-14H2,1H3,(H,28,36)(H,29,30,31,33). The molecular weight excluding hydrogens is 502 g/mol. The first-order valence-corrected chi connectivity index (χ1v) is 13.4. The molecule has 3 fully saturated rings. The molecule has 3 aliphatic rings. The lowest BCUT2D eigenvalue weighted by Crippen LogP contribution is -2.36. The highest BCUT2D eigenvalue weighted by Crippen LogP contribution is 2.34. The van der Waals surface area contributed by atoms with Gasteiger partial charge in [-0.3, -0.25) is 9.67 Å². The van der Waals surface area contributed by atoms with Crippen LogP contribution in [0, 0.1) is 11.8 Å². The van der Waals surface area contributed by atoms with E-state index in [0.717, 1.165) is 55.6 Å². The molecule has 1 aliphatic carbocycles. The second-order valence-electron chi connectivity index (χ2n) is 10.3. The Morgan fingerprint density at radius 1 is 1.31 bits per heavy atom. The van der Waals surface area contributed by atoms with Crippen LogP contribution in [0.5, 0.6) is 5.88 Å². The van der Waals surface area contributed by atoms with E-state index in [1.54, 1.807) is 17.1 Å². The molecule has 2 saturated heterocycles. The van der Waals surface area contributed by atoms with Crippen molar-refractivity contribution in [2.45, 2.75) is 50.8 Å². The Labute approximate surface area is 225 Å². The van der Waals surface area contributed by atoms with Crippen molar-refractivity contribution in [1.82, 2.24) is 40.9 Å².